The van der Waals surface area contributed by atoms with Gasteiger partial charge < -0.3 is 10.1 Å². The molecular formula is C22H18N2O2S. The Morgan fingerprint density at radius 2 is 1.52 bits per heavy atom. The largest absolute Gasteiger partial charge is 0.497 e. The van der Waals surface area contributed by atoms with Crippen molar-refractivity contribution in [3.05, 3.63) is 72.8 Å². The van der Waals surface area contributed by atoms with Gasteiger partial charge in [0, 0.05) is 21.4 Å². The van der Waals surface area contributed by atoms with E-state index in [4.69, 9.17) is 9.72 Å². The molecule has 0 unspecified atom stereocenters. The van der Waals surface area contributed by atoms with E-state index in [1.165, 1.54) is 11.8 Å². The third-order valence-electron chi connectivity index (χ3n) is 4.26. The van der Waals surface area contributed by atoms with Crippen molar-refractivity contribution in [2.75, 3.05) is 18.2 Å². The van der Waals surface area contributed by atoms with E-state index in [1.54, 1.807) is 7.11 Å². The summed E-state index contributed by atoms with van der Waals surface area (Å²) in [6.07, 6.45) is 0. The van der Waals surface area contributed by atoms with Crippen LogP contribution in [0.25, 0.3) is 21.8 Å². The van der Waals surface area contributed by atoms with E-state index >= 15 is 0 Å². The molecule has 0 radical (unpaired) electrons. The Morgan fingerprint density at radius 1 is 0.926 bits per heavy atom. The van der Waals surface area contributed by atoms with E-state index < -0.39 is 0 Å². The molecule has 0 aliphatic heterocycles. The highest BCUT2D eigenvalue weighted by molar-refractivity contribution is 8.00. The predicted octanol–water partition coefficient (Wildman–Crippen LogP) is 5.13. The van der Waals surface area contributed by atoms with Gasteiger partial charge in [-0.25, -0.2) is 4.98 Å². The lowest BCUT2D eigenvalue weighted by Crippen LogP contribution is -2.14. The zero-order chi connectivity index (χ0) is 18.6. The number of amides is 1. The van der Waals surface area contributed by atoms with E-state index in [1.807, 2.05) is 60.7 Å². The number of ether oxygens (including phenoxy) is 1. The molecule has 4 nitrogen and oxygen atoms in total. The Bertz CT molecular complexity index is 1060. The van der Waals surface area contributed by atoms with Gasteiger partial charge in [-0.15, -0.1) is 11.8 Å². The monoisotopic (exact) mass is 374 g/mol. The van der Waals surface area contributed by atoms with Gasteiger partial charge in [0.05, 0.1) is 23.9 Å². The SMILES string of the molecule is COc1ccc(NC(=O)CSc2c3ccccc3nc3ccccc23)cc1. The molecule has 134 valence electrons. The Morgan fingerprint density at radius 3 is 2.11 bits per heavy atom. The van der Waals surface area contributed by atoms with Crippen LogP contribution < -0.4 is 10.1 Å². The van der Waals surface area contributed by atoms with Crippen molar-refractivity contribution in [2.45, 2.75) is 4.90 Å². The maximum absolute atomic E-state index is 12.4. The standard InChI is InChI=1S/C22H18N2O2S/c1-26-16-12-10-15(11-13-16)23-21(25)14-27-22-17-6-2-4-8-19(17)24-20-9-5-3-7-18(20)22/h2-13H,14H2,1H3,(H,23,25). The highest BCUT2D eigenvalue weighted by Gasteiger charge is 2.11. The summed E-state index contributed by atoms with van der Waals surface area (Å²) in [5, 5.41) is 5.06. The van der Waals surface area contributed by atoms with E-state index in [0.717, 1.165) is 38.1 Å². The average Bonchev–Trinajstić information content (AvgIpc) is 2.71. The van der Waals surface area contributed by atoms with E-state index in [9.17, 15) is 4.79 Å². The minimum atomic E-state index is -0.0462. The normalized spacial score (nSPS) is 10.9. The second kappa shape index (κ2) is 7.68. The highest BCUT2D eigenvalue weighted by Crippen LogP contribution is 2.34. The number of benzene rings is 3. The summed E-state index contributed by atoms with van der Waals surface area (Å²) < 4.78 is 5.14. The van der Waals surface area contributed by atoms with Crippen LogP contribution in [-0.2, 0) is 4.79 Å². The number of para-hydroxylation sites is 2. The van der Waals surface area contributed by atoms with Crippen LogP contribution in [0.2, 0.25) is 0 Å². The van der Waals surface area contributed by atoms with E-state index in [2.05, 4.69) is 17.4 Å². The maximum atomic E-state index is 12.4. The molecule has 0 atom stereocenters. The van der Waals surface area contributed by atoms with Crippen LogP contribution in [0.5, 0.6) is 5.75 Å². The lowest BCUT2D eigenvalue weighted by Gasteiger charge is -2.11. The van der Waals surface area contributed by atoms with Gasteiger partial charge in [0.15, 0.2) is 0 Å². The molecule has 4 aromatic rings. The zero-order valence-electron chi connectivity index (χ0n) is 14.8. The summed E-state index contributed by atoms with van der Waals surface area (Å²) in [6.45, 7) is 0. The van der Waals surface area contributed by atoms with Gasteiger partial charge in [-0.1, -0.05) is 36.4 Å². The Labute approximate surface area is 161 Å². The summed E-state index contributed by atoms with van der Waals surface area (Å²) in [6, 6.07) is 23.4. The lowest BCUT2D eigenvalue weighted by atomic mass is 10.1. The topological polar surface area (TPSA) is 51.2 Å². The van der Waals surface area contributed by atoms with Crippen LogP contribution in [0.4, 0.5) is 5.69 Å². The lowest BCUT2D eigenvalue weighted by molar-refractivity contribution is -0.113. The first-order valence-corrected chi connectivity index (χ1v) is 9.57. The van der Waals surface area contributed by atoms with Crippen LogP contribution in [0.15, 0.2) is 77.7 Å². The molecule has 0 spiro atoms. The fraction of sp³-hybridized carbons (Fsp3) is 0.0909. The van der Waals surface area contributed by atoms with Crippen molar-refractivity contribution >= 4 is 45.2 Å². The van der Waals surface area contributed by atoms with Crippen molar-refractivity contribution in [3.63, 3.8) is 0 Å². The summed E-state index contributed by atoms with van der Waals surface area (Å²) in [5.41, 5.74) is 2.63. The van der Waals surface area contributed by atoms with Gasteiger partial charge in [0.25, 0.3) is 0 Å². The number of fused-ring (bicyclic) bond motifs is 2. The van der Waals surface area contributed by atoms with Crippen LogP contribution in [0.3, 0.4) is 0 Å². The molecule has 3 aromatic carbocycles. The van der Waals surface area contributed by atoms with Gasteiger partial charge in [-0.05, 0) is 36.4 Å². The number of pyridine rings is 1. The molecule has 1 amide bonds. The molecule has 4 rings (SSSR count). The fourth-order valence-electron chi connectivity index (χ4n) is 2.97. The Kier molecular flexibility index (Phi) is 4.94. The Hall–Kier alpha value is -3.05. The first kappa shape index (κ1) is 17.4. The third-order valence-corrected chi connectivity index (χ3v) is 5.39. The number of aromatic nitrogens is 1. The number of hydrogen-bond acceptors (Lipinski definition) is 4. The molecule has 1 heterocycles. The van der Waals surface area contributed by atoms with Gasteiger partial charge in [0.2, 0.25) is 5.91 Å². The van der Waals surface area contributed by atoms with Crippen LogP contribution >= 0.6 is 11.8 Å². The molecule has 0 aliphatic rings. The summed E-state index contributed by atoms with van der Waals surface area (Å²) in [7, 11) is 1.62. The van der Waals surface area contributed by atoms with Gasteiger partial charge in [0.1, 0.15) is 5.75 Å². The first-order chi connectivity index (χ1) is 13.2. The molecule has 0 saturated heterocycles. The van der Waals surface area contributed by atoms with Gasteiger partial charge in [-0.3, -0.25) is 4.79 Å². The summed E-state index contributed by atoms with van der Waals surface area (Å²) in [5.74, 6) is 1.04. The van der Waals surface area contributed by atoms with Crippen molar-refractivity contribution in [2.24, 2.45) is 0 Å². The van der Waals surface area contributed by atoms with Crippen molar-refractivity contribution < 1.29 is 9.53 Å². The van der Waals surface area contributed by atoms with Gasteiger partial charge in [-0.2, -0.15) is 0 Å². The fourth-order valence-corrected chi connectivity index (χ4v) is 3.97. The van der Waals surface area contributed by atoms with Crippen molar-refractivity contribution in [1.29, 1.82) is 0 Å². The maximum Gasteiger partial charge on any atom is 0.234 e. The molecule has 0 bridgehead atoms. The Balaban J connectivity index is 1.57. The number of thioether (sulfide) groups is 1. The molecule has 27 heavy (non-hydrogen) atoms. The predicted molar refractivity (Wildman–Crippen MR) is 112 cm³/mol. The van der Waals surface area contributed by atoms with Gasteiger partial charge >= 0.3 is 0 Å². The number of carbonyl (C=O) groups excluding carboxylic acids is 1. The zero-order valence-corrected chi connectivity index (χ0v) is 15.6. The number of anilines is 1. The second-order valence-electron chi connectivity index (χ2n) is 6.04. The summed E-state index contributed by atoms with van der Waals surface area (Å²) >= 11 is 1.54. The third kappa shape index (κ3) is 3.73. The van der Waals surface area contributed by atoms with E-state index in [-0.39, 0.29) is 5.91 Å². The smallest absolute Gasteiger partial charge is 0.234 e. The number of nitrogens with one attached hydrogen (secondary N) is 1. The van der Waals surface area contributed by atoms with Crippen LogP contribution in [-0.4, -0.2) is 23.8 Å². The molecule has 1 N–H and O–H groups in total. The molecule has 0 fully saturated rings. The van der Waals surface area contributed by atoms with E-state index in [0.29, 0.717) is 5.75 Å². The quantitative estimate of drug-likeness (QED) is 0.389. The summed E-state index contributed by atoms with van der Waals surface area (Å²) in [4.78, 5) is 18.2. The van der Waals surface area contributed by atoms with Crippen LogP contribution in [0, 0.1) is 0 Å². The van der Waals surface area contributed by atoms with Crippen molar-refractivity contribution in [3.8, 4) is 5.75 Å². The number of methoxy groups -OCH3 is 1. The highest BCUT2D eigenvalue weighted by atomic mass is 32.2. The number of carbonyl (C=O) groups is 1. The number of nitrogens with zero attached hydrogens (tertiary/aromatic N) is 1. The number of hydrogen-bond donors (Lipinski definition) is 1. The first-order valence-electron chi connectivity index (χ1n) is 8.59. The molecule has 5 heteroatoms. The number of rotatable bonds is 5. The minimum absolute atomic E-state index is 0.0462. The van der Waals surface area contributed by atoms with Crippen LogP contribution in [0.1, 0.15) is 0 Å². The molecule has 0 aliphatic carbocycles. The van der Waals surface area contributed by atoms with Crippen molar-refractivity contribution in [1.82, 2.24) is 4.98 Å². The second-order valence-corrected chi connectivity index (χ2v) is 7.03. The molecule has 1 aromatic heterocycles. The molecular weight excluding hydrogens is 356 g/mol. The average molecular weight is 374 g/mol. The molecule has 0 saturated carbocycles. The minimum Gasteiger partial charge on any atom is -0.497 e.